The van der Waals surface area contributed by atoms with Crippen molar-refractivity contribution in [2.75, 3.05) is 31.1 Å². The van der Waals surface area contributed by atoms with Gasteiger partial charge in [-0.25, -0.2) is 4.42 Å². The van der Waals surface area contributed by atoms with Crippen LogP contribution in [-0.2, 0) is 0 Å². The number of nitrogens with zero attached hydrogens (tertiary/aromatic N) is 3. The molecule has 7 heteroatoms. The van der Waals surface area contributed by atoms with Crippen molar-refractivity contribution in [3.63, 3.8) is 0 Å². The minimum Gasteiger partial charge on any atom is -0.388 e. The van der Waals surface area contributed by atoms with Gasteiger partial charge in [0.25, 0.3) is 5.69 Å². The Labute approximate surface area is 151 Å². The lowest BCUT2D eigenvalue weighted by Crippen LogP contribution is -2.42. The monoisotopic (exact) mass is 361 g/mol. The molecule has 132 valence electrons. The van der Waals surface area contributed by atoms with Crippen LogP contribution in [0.2, 0.25) is 0 Å². The number of hydrogen-bond acceptors (Lipinski definition) is 5. The molecule has 2 aromatic carbocycles. The van der Waals surface area contributed by atoms with Gasteiger partial charge >= 0.3 is 0 Å². The Morgan fingerprint density at radius 2 is 1.68 bits per heavy atom. The van der Waals surface area contributed by atoms with E-state index in [1.54, 1.807) is 16.6 Å². The van der Waals surface area contributed by atoms with E-state index in [1.165, 1.54) is 13.0 Å². The van der Waals surface area contributed by atoms with Crippen molar-refractivity contribution < 1.29 is 10.0 Å². The molecule has 1 fully saturated rings. The van der Waals surface area contributed by atoms with E-state index in [2.05, 4.69) is 4.90 Å². The van der Waals surface area contributed by atoms with Crippen LogP contribution in [0.3, 0.4) is 0 Å². The van der Waals surface area contributed by atoms with Crippen molar-refractivity contribution >= 4 is 23.2 Å². The van der Waals surface area contributed by atoms with Crippen molar-refractivity contribution in [2.24, 2.45) is 0 Å². The Kier molecular flexibility index (Phi) is 5.22. The lowest BCUT2D eigenvalue weighted by molar-refractivity contribution is -0.386. The number of nitro groups is 1. The maximum Gasteiger partial charge on any atom is 0.275 e. The van der Waals surface area contributed by atoms with Gasteiger partial charge in [0.1, 0.15) is 0 Å². The molecule has 0 spiro atoms. The number of nitro benzene ring substituents is 1. The van der Waals surface area contributed by atoms with Gasteiger partial charge in [-0.1, -0.05) is 12.1 Å². The van der Waals surface area contributed by atoms with Crippen LogP contribution in [0.1, 0.15) is 18.6 Å². The van der Waals surface area contributed by atoms with Crippen LogP contribution in [0.15, 0.2) is 42.5 Å². The molecule has 0 radical (unpaired) electrons. The van der Waals surface area contributed by atoms with E-state index in [0.717, 1.165) is 43.0 Å². The summed E-state index contributed by atoms with van der Waals surface area (Å²) in [6.45, 7) is 4.94. The van der Waals surface area contributed by atoms with Crippen LogP contribution in [-0.4, -0.2) is 40.6 Å². The molecule has 0 aliphatic carbocycles. The summed E-state index contributed by atoms with van der Waals surface area (Å²) in [7, 11) is 0. The number of halogens is 1. The van der Waals surface area contributed by atoms with Crippen LogP contribution in [0.25, 0.3) is 11.1 Å². The van der Waals surface area contributed by atoms with E-state index in [4.69, 9.17) is 11.8 Å². The summed E-state index contributed by atoms with van der Waals surface area (Å²) in [5.74, 6) is 0. The Balaban J connectivity index is 1.85. The van der Waals surface area contributed by atoms with Crippen LogP contribution in [0, 0.1) is 10.1 Å². The number of aliphatic hydroxyl groups excluding tert-OH is 1. The largest absolute Gasteiger partial charge is 0.388 e. The molecule has 1 atom stereocenters. The van der Waals surface area contributed by atoms with Crippen LogP contribution >= 0.6 is 11.8 Å². The zero-order valence-electron chi connectivity index (χ0n) is 13.9. The van der Waals surface area contributed by atoms with Gasteiger partial charge in [-0.05, 0) is 54.1 Å². The van der Waals surface area contributed by atoms with E-state index < -0.39 is 11.0 Å². The molecule has 25 heavy (non-hydrogen) atoms. The van der Waals surface area contributed by atoms with Crippen LogP contribution < -0.4 is 4.90 Å². The molecular weight excluding hydrogens is 342 g/mol. The molecular formula is C18H20ClN3O3. The number of benzene rings is 2. The van der Waals surface area contributed by atoms with E-state index in [0.29, 0.717) is 5.56 Å². The first-order valence-corrected chi connectivity index (χ1v) is 8.52. The summed E-state index contributed by atoms with van der Waals surface area (Å²) in [6.07, 6.45) is -0.897. The van der Waals surface area contributed by atoms with Gasteiger partial charge in [0.15, 0.2) is 0 Å². The topological polar surface area (TPSA) is 69.8 Å². The van der Waals surface area contributed by atoms with Crippen molar-refractivity contribution in [1.82, 2.24) is 4.42 Å². The predicted molar refractivity (Wildman–Crippen MR) is 98.8 cm³/mol. The molecule has 0 aromatic heterocycles. The van der Waals surface area contributed by atoms with E-state index >= 15 is 0 Å². The molecule has 1 heterocycles. The Morgan fingerprint density at radius 1 is 1.08 bits per heavy atom. The normalized spacial score (nSPS) is 16.7. The summed E-state index contributed by atoms with van der Waals surface area (Å²) in [6, 6.07) is 12.9. The fourth-order valence-electron chi connectivity index (χ4n) is 3.04. The first-order valence-electron chi connectivity index (χ1n) is 8.18. The molecule has 3 rings (SSSR count). The highest BCUT2D eigenvalue weighted by molar-refractivity contribution is 6.13. The minimum absolute atomic E-state index is 0.0608. The molecule has 1 saturated heterocycles. The van der Waals surface area contributed by atoms with E-state index in [9.17, 15) is 15.2 Å². The Morgan fingerprint density at radius 3 is 2.24 bits per heavy atom. The summed E-state index contributed by atoms with van der Waals surface area (Å²) >= 11 is 5.99. The second kappa shape index (κ2) is 7.39. The van der Waals surface area contributed by atoms with Crippen LogP contribution in [0.5, 0.6) is 0 Å². The Hall–Kier alpha value is -2.15. The maximum atomic E-state index is 11.1. The fourth-order valence-corrected chi connectivity index (χ4v) is 3.19. The van der Waals surface area contributed by atoms with Gasteiger partial charge in [-0.2, -0.15) is 0 Å². The van der Waals surface area contributed by atoms with Crippen molar-refractivity contribution in [1.29, 1.82) is 0 Å². The quantitative estimate of drug-likeness (QED) is 0.512. The second-order valence-corrected chi connectivity index (χ2v) is 6.63. The van der Waals surface area contributed by atoms with Gasteiger partial charge in [-0.15, -0.1) is 0 Å². The minimum atomic E-state index is -0.897. The average Bonchev–Trinajstić information content (AvgIpc) is 2.62. The second-order valence-electron chi connectivity index (χ2n) is 6.15. The highest BCUT2D eigenvalue weighted by atomic mass is 35.5. The van der Waals surface area contributed by atoms with Gasteiger partial charge in [-0.3, -0.25) is 10.1 Å². The summed E-state index contributed by atoms with van der Waals surface area (Å²) in [5, 5.41) is 20.9. The average molecular weight is 362 g/mol. The van der Waals surface area contributed by atoms with Gasteiger partial charge in [0.2, 0.25) is 0 Å². The lowest BCUT2D eigenvalue weighted by atomic mass is 9.99. The third-order valence-corrected chi connectivity index (χ3v) is 4.80. The number of piperazine rings is 1. The first kappa shape index (κ1) is 17.7. The molecule has 1 N–H and O–H groups in total. The highest BCUT2D eigenvalue weighted by Crippen LogP contribution is 2.31. The van der Waals surface area contributed by atoms with E-state index in [-0.39, 0.29) is 5.69 Å². The third kappa shape index (κ3) is 3.92. The summed E-state index contributed by atoms with van der Waals surface area (Å²) < 4.78 is 1.79. The zero-order chi connectivity index (χ0) is 18.0. The SMILES string of the molecule is CC(O)c1cc(-c2ccc(N3CCN(Cl)CC3)cc2)ccc1[N+](=O)[O-]. The smallest absolute Gasteiger partial charge is 0.275 e. The van der Waals surface area contributed by atoms with E-state index in [1.807, 2.05) is 24.3 Å². The molecule has 0 saturated carbocycles. The van der Waals surface area contributed by atoms with Crippen molar-refractivity contribution in [3.8, 4) is 11.1 Å². The Bertz CT molecular complexity index is 757. The molecule has 1 unspecified atom stereocenters. The highest BCUT2D eigenvalue weighted by Gasteiger charge is 2.19. The molecule has 1 aliphatic rings. The molecule has 2 aromatic rings. The maximum absolute atomic E-state index is 11.1. The van der Waals surface area contributed by atoms with Gasteiger partial charge in [0.05, 0.1) is 16.6 Å². The van der Waals surface area contributed by atoms with Gasteiger partial charge in [0, 0.05) is 37.9 Å². The first-order chi connectivity index (χ1) is 12.0. The van der Waals surface area contributed by atoms with Crippen LogP contribution in [0.4, 0.5) is 11.4 Å². The zero-order valence-corrected chi connectivity index (χ0v) is 14.7. The number of anilines is 1. The predicted octanol–water partition coefficient (Wildman–Crippen LogP) is 3.59. The molecule has 1 aliphatic heterocycles. The number of aliphatic hydroxyl groups is 1. The molecule has 0 bridgehead atoms. The number of hydrogen-bond donors (Lipinski definition) is 1. The van der Waals surface area contributed by atoms with Crippen molar-refractivity contribution in [3.05, 3.63) is 58.1 Å². The standard InChI is InChI=1S/C18H20ClN3O3/c1-13(23)17-12-15(4-7-18(17)22(24)25)14-2-5-16(6-3-14)20-8-10-21(19)11-9-20/h2-7,12-13,23H,8-11H2,1H3. The molecule has 6 nitrogen and oxygen atoms in total. The lowest BCUT2D eigenvalue weighted by Gasteiger charge is -2.32. The summed E-state index contributed by atoms with van der Waals surface area (Å²) in [5.41, 5.74) is 3.19. The third-order valence-electron chi connectivity index (χ3n) is 4.47. The number of rotatable bonds is 4. The molecule has 0 amide bonds. The van der Waals surface area contributed by atoms with Gasteiger partial charge < -0.3 is 10.0 Å². The summed E-state index contributed by atoms with van der Waals surface area (Å²) in [4.78, 5) is 12.9. The fraction of sp³-hybridized carbons (Fsp3) is 0.333. The van der Waals surface area contributed by atoms with Crippen molar-refractivity contribution in [2.45, 2.75) is 13.0 Å².